The molecule has 0 aliphatic heterocycles. The van der Waals surface area contributed by atoms with E-state index in [1.54, 1.807) is 7.11 Å². The number of benzene rings is 1. The quantitative estimate of drug-likeness (QED) is 0.754. The molecule has 106 valence electrons. The van der Waals surface area contributed by atoms with Gasteiger partial charge in [0.25, 0.3) is 0 Å². The molecule has 0 heterocycles. The lowest BCUT2D eigenvalue weighted by Gasteiger charge is -2.10. The van der Waals surface area contributed by atoms with E-state index in [9.17, 15) is 4.79 Å². The van der Waals surface area contributed by atoms with E-state index < -0.39 is 0 Å². The number of hydrogen-bond donors (Lipinski definition) is 2. The minimum atomic E-state index is 0.0375. The third-order valence-corrected chi connectivity index (χ3v) is 2.84. The number of ether oxygens (including phenoxy) is 1. The minimum absolute atomic E-state index is 0.0375. The van der Waals surface area contributed by atoms with Gasteiger partial charge in [-0.05, 0) is 18.4 Å². The van der Waals surface area contributed by atoms with Gasteiger partial charge in [0.05, 0.1) is 13.7 Å². The van der Waals surface area contributed by atoms with Crippen LogP contribution < -0.4 is 15.4 Å². The number of carbonyl (C=O) groups excluding carboxylic acids is 1. The summed E-state index contributed by atoms with van der Waals surface area (Å²) in [5.74, 6) is 1.49. The van der Waals surface area contributed by atoms with E-state index in [1.807, 2.05) is 24.3 Å². The van der Waals surface area contributed by atoms with Crippen molar-refractivity contribution in [3.8, 4) is 5.75 Å². The lowest BCUT2D eigenvalue weighted by molar-refractivity contribution is -0.120. The lowest BCUT2D eigenvalue weighted by atomic mass is 10.1. The molecule has 0 bridgehead atoms. The van der Waals surface area contributed by atoms with Crippen LogP contribution in [0.2, 0.25) is 0 Å². The van der Waals surface area contributed by atoms with Gasteiger partial charge >= 0.3 is 0 Å². The van der Waals surface area contributed by atoms with E-state index in [0.717, 1.165) is 24.3 Å². The zero-order valence-electron chi connectivity index (χ0n) is 12.0. The van der Waals surface area contributed by atoms with Gasteiger partial charge in [0, 0.05) is 18.7 Å². The van der Waals surface area contributed by atoms with Crippen molar-refractivity contribution in [3.63, 3.8) is 0 Å². The van der Waals surface area contributed by atoms with Crippen molar-refractivity contribution in [2.75, 3.05) is 20.2 Å². The summed E-state index contributed by atoms with van der Waals surface area (Å²) in [6, 6.07) is 7.80. The summed E-state index contributed by atoms with van der Waals surface area (Å²) < 4.78 is 5.25. The van der Waals surface area contributed by atoms with Crippen LogP contribution in [0.4, 0.5) is 0 Å². The number of methoxy groups -OCH3 is 1. The zero-order valence-corrected chi connectivity index (χ0v) is 12.0. The van der Waals surface area contributed by atoms with Crippen molar-refractivity contribution in [3.05, 3.63) is 29.8 Å². The Hall–Kier alpha value is -1.55. The Labute approximate surface area is 115 Å². The molecule has 0 fully saturated rings. The van der Waals surface area contributed by atoms with Crippen LogP contribution in [-0.2, 0) is 11.3 Å². The van der Waals surface area contributed by atoms with Crippen LogP contribution in [-0.4, -0.2) is 26.1 Å². The second-order valence-corrected chi connectivity index (χ2v) is 4.95. The van der Waals surface area contributed by atoms with E-state index >= 15 is 0 Å². The number of amides is 1. The molecule has 1 aromatic rings. The van der Waals surface area contributed by atoms with Crippen molar-refractivity contribution in [1.29, 1.82) is 0 Å². The van der Waals surface area contributed by atoms with Gasteiger partial charge in [-0.3, -0.25) is 4.79 Å². The van der Waals surface area contributed by atoms with Gasteiger partial charge in [0.2, 0.25) is 5.91 Å². The molecule has 1 rings (SSSR count). The Kier molecular flexibility index (Phi) is 6.97. The summed E-state index contributed by atoms with van der Waals surface area (Å²) in [4.78, 5) is 11.6. The maximum Gasteiger partial charge on any atom is 0.233 e. The summed E-state index contributed by atoms with van der Waals surface area (Å²) in [6.07, 6.45) is 1.01. The number of para-hydroxylation sites is 1. The molecule has 19 heavy (non-hydrogen) atoms. The SMILES string of the molecule is COc1ccccc1CNCC(=O)NCCC(C)C. The molecular weight excluding hydrogens is 240 g/mol. The summed E-state index contributed by atoms with van der Waals surface area (Å²) in [5, 5.41) is 6.02. The molecule has 4 heteroatoms. The van der Waals surface area contributed by atoms with Gasteiger partial charge < -0.3 is 15.4 Å². The monoisotopic (exact) mass is 264 g/mol. The minimum Gasteiger partial charge on any atom is -0.496 e. The van der Waals surface area contributed by atoms with E-state index in [2.05, 4.69) is 24.5 Å². The maximum absolute atomic E-state index is 11.6. The first-order valence-electron chi connectivity index (χ1n) is 6.72. The molecular formula is C15H24N2O2. The molecule has 0 aliphatic rings. The van der Waals surface area contributed by atoms with Crippen LogP contribution in [0, 0.1) is 5.92 Å². The molecule has 0 aliphatic carbocycles. The molecule has 1 aromatic carbocycles. The van der Waals surface area contributed by atoms with Crippen molar-refractivity contribution >= 4 is 5.91 Å². The molecule has 1 amide bonds. The molecule has 2 N–H and O–H groups in total. The first kappa shape index (κ1) is 15.5. The average molecular weight is 264 g/mol. The van der Waals surface area contributed by atoms with Gasteiger partial charge in [-0.1, -0.05) is 32.0 Å². The number of carbonyl (C=O) groups is 1. The van der Waals surface area contributed by atoms with Gasteiger partial charge in [-0.25, -0.2) is 0 Å². The third-order valence-electron chi connectivity index (χ3n) is 2.84. The normalized spacial score (nSPS) is 10.5. The highest BCUT2D eigenvalue weighted by Gasteiger charge is 2.04. The maximum atomic E-state index is 11.6. The second-order valence-electron chi connectivity index (χ2n) is 4.95. The summed E-state index contributed by atoms with van der Waals surface area (Å²) in [5.41, 5.74) is 1.06. The predicted molar refractivity (Wildman–Crippen MR) is 77.2 cm³/mol. The van der Waals surface area contributed by atoms with Crippen LogP contribution in [0.3, 0.4) is 0 Å². The van der Waals surface area contributed by atoms with Crippen LogP contribution in [0.15, 0.2) is 24.3 Å². The zero-order chi connectivity index (χ0) is 14.1. The van der Waals surface area contributed by atoms with Gasteiger partial charge in [0.1, 0.15) is 5.75 Å². The smallest absolute Gasteiger partial charge is 0.233 e. The van der Waals surface area contributed by atoms with E-state index in [4.69, 9.17) is 4.74 Å². The summed E-state index contributed by atoms with van der Waals surface area (Å²) in [7, 11) is 1.65. The number of hydrogen-bond acceptors (Lipinski definition) is 3. The largest absolute Gasteiger partial charge is 0.496 e. The second kappa shape index (κ2) is 8.53. The van der Waals surface area contributed by atoms with Crippen LogP contribution in [0.25, 0.3) is 0 Å². The Morgan fingerprint density at radius 3 is 2.74 bits per heavy atom. The van der Waals surface area contributed by atoms with Crippen molar-refractivity contribution in [2.24, 2.45) is 5.92 Å². The molecule has 0 saturated carbocycles. The molecule has 0 unspecified atom stereocenters. The molecule has 0 aromatic heterocycles. The van der Waals surface area contributed by atoms with Crippen molar-refractivity contribution in [1.82, 2.24) is 10.6 Å². The Bertz CT molecular complexity index is 391. The Morgan fingerprint density at radius 1 is 1.32 bits per heavy atom. The third kappa shape index (κ3) is 6.25. The number of rotatable bonds is 8. The summed E-state index contributed by atoms with van der Waals surface area (Å²) in [6.45, 7) is 5.99. The highest BCUT2D eigenvalue weighted by molar-refractivity contribution is 5.77. The van der Waals surface area contributed by atoms with E-state index in [0.29, 0.717) is 19.0 Å². The lowest BCUT2D eigenvalue weighted by Crippen LogP contribution is -2.34. The first-order chi connectivity index (χ1) is 9.13. The molecule has 4 nitrogen and oxygen atoms in total. The molecule has 0 spiro atoms. The van der Waals surface area contributed by atoms with Gasteiger partial charge in [0.15, 0.2) is 0 Å². The Morgan fingerprint density at radius 2 is 2.05 bits per heavy atom. The highest BCUT2D eigenvalue weighted by Crippen LogP contribution is 2.16. The topological polar surface area (TPSA) is 50.4 Å². The van der Waals surface area contributed by atoms with Gasteiger partial charge in [-0.2, -0.15) is 0 Å². The standard InChI is InChI=1S/C15H24N2O2/c1-12(2)8-9-17-15(18)11-16-10-13-6-4-5-7-14(13)19-3/h4-7,12,16H,8-11H2,1-3H3,(H,17,18). The van der Waals surface area contributed by atoms with Crippen LogP contribution in [0.5, 0.6) is 5.75 Å². The molecule has 0 atom stereocenters. The van der Waals surface area contributed by atoms with Crippen molar-refractivity contribution < 1.29 is 9.53 Å². The fourth-order valence-corrected chi connectivity index (χ4v) is 1.72. The first-order valence-corrected chi connectivity index (χ1v) is 6.72. The molecule has 0 saturated heterocycles. The molecule has 0 radical (unpaired) electrons. The predicted octanol–water partition coefficient (Wildman–Crippen LogP) is 1.95. The van der Waals surface area contributed by atoms with Gasteiger partial charge in [-0.15, -0.1) is 0 Å². The van der Waals surface area contributed by atoms with Crippen LogP contribution >= 0.6 is 0 Å². The summed E-state index contributed by atoms with van der Waals surface area (Å²) >= 11 is 0. The van der Waals surface area contributed by atoms with E-state index in [-0.39, 0.29) is 5.91 Å². The fourth-order valence-electron chi connectivity index (χ4n) is 1.72. The van der Waals surface area contributed by atoms with Crippen molar-refractivity contribution in [2.45, 2.75) is 26.8 Å². The van der Waals surface area contributed by atoms with Crippen LogP contribution in [0.1, 0.15) is 25.8 Å². The average Bonchev–Trinajstić information content (AvgIpc) is 2.39. The highest BCUT2D eigenvalue weighted by atomic mass is 16.5. The Balaban J connectivity index is 2.24. The fraction of sp³-hybridized carbons (Fsp3) is 0.533. The number of nitrogens with one attached hydrogen (secondary N) is 2. The van der Waals surface area contributed by atoms with E-state index in [1.165, 1.54) is 0 Å².